The van der Waals surface area contributed by atoms with Crippen molar-refractivity contribution in [2.75, 3.05) is 23.3 Å². The van der Waals surface area contributed by atoms with E-state index in [1.165, 1.54) is 12.3 Å². The van der Waals surface area contributed by atoms with E-state index in [1.807, 2.05) is 0 Å². The topological polar surface area (TPSA) is 114 Å². The quantitative estimate of drug-likeness (QED) is 0.484. The lowest BCUT2D eigenvalue weighted by atomic mass is 9.99. The Balaban J connectivity index is 1.70. The Hall–Kier alpha value is -3.18. The SMILES string of the molecule is CC(O)(c1cc(Nc2ccc(N3CCC(O)CC3)cn2)c2c(=O)[nH]ccc2n1)C(F)(F)F. The molecule has 3 aromatic rings. The number of aliphatic hydroxyl groups excluding tert-OH is 1. The zero-order chi connectivity index (χ0) is 23.1. The van der Waals surface area contributed by atoms with Crippen LogP contribution in [0.5, 0.6) is 0 Å². The van der Waals surface area contributed by atoms with E-state index >= 15 is 0 Å². The highest BCUT2D eigenvalue weighted by atomic mass is 19.4. The minimum absolute atomic E-state index is 0.00164. The van der Waals surface area contributed by atoms with Gasteiger partial charge in [-0.15, -0.1) is 0 Å². The summed E-state index contributed by atoms with van der Waals surface area (Å²) in [7, 11) is 0. The predicted octanol–water partition coefficient (Wildman–Crippen LogP) is 2.79. The van der Waals surface area contributed by atoms with Gasteiger partial charge in [0.1, 0.15) is 5.82 Å². The van der Waals surface area contributed by atoms with Crippen molar-refractivity contribution in [1.29, 1.82) is 0 Å². The molecule has 32 heavy (non-hydrogen) atoms. The van der Waals surface area contributed by atoms with Gasteiger partial charge in [0.05, 0.1) is 40.3 Å². The summed E-state index contributed by atoms with van der Waals surface area (Å²) in [5.74, 6) is 0.305. The number of hydrogen-bond donors (Lipinski definition) is 4. The van der Waals surface area contributed by atoms with Gasteiger partial charge in [-0.3, -0.25) is 4.79 Å². The average molecular weight is 449 g/mol. The molecule has 0 saturated carbocycles. The number of nitrogens with one attached hydrogen (secondary N) is 2. The number of alkyl halides is 3. The van der Waals surface area contributed by atoms with Gasteiger partial charge >= 0.3 is 6.18 Å². The first-order valence-corrected chi connectivity index (χ1v) is 10.0. The van der Waals surface area contributed by atoms with Crippen LogP contribution in [0.15, 0.2) is 41.5 Å². The lowest BCUT2D eigenvalue weighted by Gasteiger charge is -2.31. The van der Waals surface area contributed by atoms with Crippen molar-refractivity contribution in [2.24, 2.45) is 0 Å². The van der Waals surface area contributed by atoms with Crippen LogP contribution in [-0.4, -0.2) is 50.5 Å². The van der Waals surface area contributed by atoms with Crippen LogP contribution in [-0.2, 0) is 5.60 Å². The van der Waals surface area contributed by atoms with Crippen molar-refractivity contribution >= 4 is 28.1 Å². The molecule has 4 N–H and O–H groups in total. The van der Waals surface area contributed by atoms with Crippen molar-refractivity contribution in [3.63, 3.8) is 0 Å². The maximum Gasteiger partial charge on any atom is 0.422 e. The lowest BCUT2D eigenvalue weighted by Crippen LogP contribution is -2.40. The molecule has 4 heterocycles. The van der Waals surface area contributed by atoms with Crippen LogP contribution in [0.1, 0.15) is 25.5 Å². The first-order valence-electron chi connectivity index (χ1n) is 10.0. The maximum absolute atomic E-state index is 13.4. The van der Waals surface area contributed by atoms with Crippen LogP contribution in [0.2, 0.25) is 0 Å². The van der Waals surface area contributed by atoms with Gasteiger partial charge in [0.2, 0.25) is 0 Å². The van der Waals surface area contributed by atoms with E-state index in [2.05, 4.69) is 25.2 Å². The predicted molar refractivity (Wildman–Crippen MR) is 113 cm³/mol. The van der Waals surface area contributed by atoms with Gasteiger partial charge < -0.3 is 25.4 Å². The molecule has 0 aromatic carbocycles. The van der Waals surface area contributed by atoms with Crippen LogP contribution in [0.4, 0.5) is 30.4 Å². The number of halogens is 3. The molecule has 4 rings (SSSR count). The van der Waals surface area contributed by atoms with Crippen LogP contribution in [0, 0.1) is 0 Å². The number of piperidine rings is 1. The van der Waals surface area contributed by atoms with E-state index in [9.17, 15) is 28.2 Å². The molecule has 1 fully saturated rings. The molecule has 1 aliphatic rings. The molecule has 0 spiro atoms. The van der Waals surface area contributed by atoms with E-state index in [-0.39, 0.29) is 22.7 Å². The average Bonchev–Trinajstić information content (AvgIpc) is 2.74. The largest absolute Gasteiger partial charge is 0.422 e. The molecular formula is C21H22F3N5O3. The smallest absolute Gasteiger partial charge is 0.393 e. The fraction of sp³-hybridized carbons (Fsp3) is 0.381. The number of anilines is 3. The number of H-pyrrole nitrogens is 1. The highest BCUT2D eigenvalue weighted by Crippen LogP contribution is 2.39. The highest BCUT2D eigenvalue weighted by molar-refractivity contribution is 5.92. The second kappa shape index (κ2) is 8.06. The fourth-order valence-corrected chi connectivity index (χ4v) is 3.59. The Morgan fingerprint density at radius 1 is 1.22 bits per heavy atom. The Morgan fingerprint density at radius 2 is 1.94 bits per heavy atom. The standard InChI is InChI=1S/C21H22F3N5O3/c1-20(32,21(22,23)24)16-10-15(18-14(27-16)4-7-25-19(18)31)28-17-3-2-12(11-26-17)29-8-5-13(30)6-9-29/h2-4,7,10-11,13,30,32H,5-6,8-9H2,1H3,(H,25,31)(H,26,27,28). The zero-order valence-electron chi connectivity index (χ0n) is 17.1. The number of rotatable bonds is 4. The molecule has 0 radical (unpaired) electrons. The monoisotopic (exact) mass is 449 g/mol. The lowest BCUT2D eigenvalue weighted by molar-refractivity contribution is -0.260. The van der Waals surface area contributed by atoms with E-state index < -0.39 is 23.0 Å². The summed E-state index contributed by atoms with van der Waals surface area (Å²) in [6, 6.07) is 5.81. The molecule has 1 unspecified atom stereocenters. The summed E-state index contributed by atoms with van der Waals surface area (Å²) in [6.07, 6.45) is -1.06. The molecule has 0 aliphatic carbocycles. The van der Waals surface area contributed by atoms with Crippen molar-refractivity contribution in [3.05, 3.63) is 52.7 Å². The van der Waals surface area contributed by atoms with Gasteiger partial charge in [-0.25, -0.2) is 9.97 Å². The first kappa shape index (κ1) is 22.0. The molecule has 170 valence electrons. The van der Waals surface area contributed by atoms with Gasteiger partial charge in [0.15, 0.2) is 5.60 Å². The molecule has 0 amide bonds. The minimum atomic E-state index is -4.96. The maximum atomic E-state index is 13.4. The second-order valence-electron chi connectivity index (χ2n) is 7.94. The molecule has 3 aromatic heterocycles. The van der Waals surface area contributed by atoms with Crippen LogP contribution in [0.25, 0.3) is 10.9 Å². The number of aliphatic hydroxyl groups is 2. The zero-order valence-corrected chi connectivity index (χ0v) is 17.1. The summed E-state index contributed by atoms with van der Waals surface area (Å²) < 4.78 is 40.2. The molecule has 1 saturated heterocycles. The van der Waals surface area contributed by atoms with E-state index in [4.69, 9.17) is 0 Å². The Kier molecular flexibility index (Phi) is 5.55. The molecular weight excluding hydrogens is 427 g/mol. The van der Waals surface area contributed by atoms with Gasteiger partial charge in [0, 0.05) is 19.3 Å². The van der Waals surface area contributed by atoms with Crippen molar-refractivity contribution < 1.29 is 23.4 Å². The fourth-order valence-electron chi connectivity index (χ4n) is 3.59. The summed E-state index contributed by atoms with van der Waals surface area (Å²) in [5.41, 5.74) is -3.51. The van der Waals surface area contributed by atoms with E-state index in [0.717, 1.165) is 11.8 Å². The number of fused-ring (bicyclic) bond motifs is 1. The van der Waals surface area contributed by atoms with Gasteiger partial charge in [0.25, 0.3) is 5.56 Å². The summed E-state index contributed by atoms with van der Waals surface area (Å²) >= 11 is 0. The third-order valence-electron chi connectivity index (χ3n) is 5.62. The third kappa shape index (κ3) is 4.13. The number of hydrogen-bond acceptors (Lipinski definition) is 7. The van der Waals surface area contributed by atoms with Crippen LogP contribution in [0.3, 0.4) is 0 Å². The normalized spacial score (nSPS) is 17.4. The number of aromatic amines is 1. The minimum Gasteiger partial charge on any atom is -0.393 e. The number of pyridine rings is 3. The van der Waals surface area contributed by atoms with Gasteiger partial charge in [-0.05, 0) is 44.0 Å². The summed E-state index contributed by atoms with van der Waals surface area (Å²) in [4.78, 5) is 25.1. The van der Waals surface area contributed by atoms with E-state index in [1.54, 1.807) is 18.3 Å². The number of nitrogens with zero attached hydrogens (tertiary/aromatic N) is 3. The van der Waals surface area contributed by atoms with Crippen molar-refractivity contribution in [1.82, 2.24) is 15.0 Å². The van der Waals surface area contributed by atoms with Crippen LogP contribution < -0.4 is 15.8 Å². The molecule has 1 aliphatic heterocycles. The third-order valence-corrected chi connectivity index (χ3v) is 5.62. The van der Waals surface area contributed by atoms with E-state index in [0.29, 0.717) is 38.7 Å². The number of aromatic nitrogens is 3. The Labute approximate surface area is 180 Å². The van der Waals surface area contributed by atoms with Crippen LogP contribution >= 0.6 is 0 Å². The van der Waals surface area contributed by atoms with Crippen molar-refractivity contribution in [2.45, 2.75) is 37.6 Å². The molecule has 1 atom stereocenters. The molecule has 11 heteroatoms. The first-order chi connectivity index (χ1) is 15.1. The second-order valence-corrected chi connectivity index (χ2v) is 7.94. The Morgan fingerprint density at radius 3 is 2.56 bits per heavy atom. The molecule has 8 nitrogen and oxygen atoms in total. The van der Waals surface area contributed by atoms with Gasteiger partial charge in [-0.2, -0.15) is 13.2 Å². The molecule has 0 bridgehead atoms. The highest BCUT2D eigenvalue weighted by Gasteiger charge is 2.52. The van der Waals surface area contributed by atoms with Gasteiger partial charge in [-0.1, -0.05) is 0 Å². The van der Waals surface area contributed by atoms with Crippen molar-refractivity contribution in [3.8, 4) is 0 Å². The Bertz CT molecular complexity index is 1170. The summed E-state index contributed by atoms with van der Waals surface area (Å²) in [6.45, 7) is 1.99. The summed E-state index contributed by atoms with van der Waals surface area (Å²) in [5, 5.41) is 22.7.